The molecule has 3 rings (SSSR count). The number of nitrogens with one attached hydrogen (secondary N) is 2. The van der Waals surface area contributed by atoms with Crippen molar-refractivity contribution in [2.75, 3.05) is 12.4 Å². The van der Waals surface area contributed by atoms with Crippen LogP contribution in [0.5, 0.6) is 0 Å². The third kappa shape index (κ3) is 3.12. The molecule has 0 fully saturated rings. The van der Waals surface area contributed by atoms with Crippen molar-refractivity contribution in [1.29, 1.82) is 0 Å². The second-order valence-electron chi connectivity index (χ2n) is 5.37. The minimum Gasteiger partial charge on any atom is -0.355 e. The quantitative estimate of drug-likeness (QED) is 0.775. The average Bonchev–Trinajstić information content (AvgIpc) is 3.03. The number of benzene rings is 2. The van der Waals surface area contributed by atoms with Crippen LogP contribution in [0.25, 0.3) is 10.9 Å². The van der Waals surface area contributed by atoms with E-state index in [1.54, 1.807) is 31.3 Å². The number of rotatable bonds is 4. The molecule has 0 spiro atoms. The molecule has 0 aliphatic rings. The van der Waals surface area contributed by atoms with Gasteiger partial charge in [0.25, 0.3) is 11.8 Å². The lowest BCUT2D eigenvalue weighted by Crippen LogP contribution is -2.19. The van der Waals surface area contributed by atoms with Crippen molar-refractivity contribution >= 4 is 28.4 Å². The first-order valence-electron chi connectivity index (χ1n) is 7.71. The molecule has 2 N–H and O–H groups in total. The maximum absolute atomic E-state index is 12.4. The maximum Gasteiger partial charge on any atom is 0.255 e. The third-order valence-electron chi connectivity index (χ3n) is 3.75. The number of aryl methyl sites for hydroxylation is 1. The minimum absolute atomic E-state index is 0.226. The highest BCUT2D eigenvalue weighted by Gasteiger charge is 2.10. The molecule has 24 heavy (non-hydrogen) atoms. The van der Waals surface area contributed by atoms with Crippen LogP contribution < -0.4 is 10.6 Å². The molecule has 0 atom stereocenters. The van der Waals surface area contributed by atoms with Crippen LogP contribution in [-0.4, -0.2) is 28.6 Å². The maximum atomic E-state index is 12.4. The summed E-state index contributed by atoms with van der Waals surface area (Å²) in [6.07, 6.45) is 1.97. The van der Waals surface area contributed by atoms with Crippen molar-refractivity contribution in [1.82, 2.24) is 15.1 Å². The Labute approximate surface area is 139 Å². The zero-order valence-electron chi connectivity index (χ0n) is 13.5. The summed E-state index contributed by atoms with van der Waals surface area (Å²) in [6, 6.07) is 12.2. The van der Waals surface area contributed by atoms with Gasteiger partial charge in [0, 0.05) is 42.0 Å². The van der Waals surface area contributed by atoms with Crippen LogP contribution in [0.1, 0.15) is 27.6 Å². The molecular formula is C18H18N4O2. The van der Waals surface area contributed by atoms with Gasteiger partial charge in [-0.2, -0.15) is 5.10 Å². The number of nitrogens with zero attached hydrogens (tertiary/aromatic N) is 2. The molecule has 0 bridgehead atoms. The SMILES string of the molecule is CCn1cc2ccc(NC(=O)c3cccc(C(=O)NC)c3)cc2n1. The van der Waals surface area contributed by atoms with Gasteiger partial charge in [0.05, 0.1) is 5.52 Å². The molecule has 0 radical (unpaired) electrons. The Morgan fingerprint density at radius 3 is 2.54 bits per heavy atom. The highest BCUT2D eigenvalue weighted by Crippen LogP contribution is 2.19. The van der Waals surface area contributed by atoms with Crippen LogP contribution in [0, 0.1) is 0 Å². The number of hydrogen-bond acceptors (Lipinski definition) is 3. The largest absolute Gasteiger partial charge is 0.355 e. The molecule has 0 saturated heterocycles. The van der Waals surface area contributed by atoms with E-state index in [0.717, 1.165) is 17.4 Å². The molecule has 3 aromatic rings. The van der Waals surface area contributed by atoms with Gasteiger partial charge in [0.1, 0.15) is 0 Å². The van der Waals surface area contributed by atoms with Gasteiger partial charge >= 0.3 is 0 Å². The predicted molar refractivity (Wildman–Crippen MR) is 93.2 cm³/mol. The van der Waals surface area contributed by atoms with E-state index in [4.69, 9.17) is 0 Å². The smallest absolute Gasteiger partial charge is 0.255 e. The van der Waals surface area contributed by atoms with Gasteiger partial charge < -0.3 is 10.6 Å². The number of amides is 2. The van der Waals surface area contributed by atoms with Gasteiger partial charge in [-0.3, -0.25) is 14.3 Å². The fourth-order valence-corrected chi connectivity index (χ4v) is 2.46. The molecular weight excluding hydrogens is 304 g/mol. The summed E-state index contributed by atoms with van der Waals surface area (Å²) in [5.41, 5.74) is 2.37. The van der Waals surface area contributed by atoms with Crippen LogP contribution in [0.15, 0.2) is 48.7 Å². The molecule has 0 saturated carbocycles. The topological polar surface area (TPSA) is 76.0 Å². The van der Waals surface area contributed by atoms with Crippen LogP contribution in [-0.2, 0) is 6.54 Å². The summed E-state index contributed by atoms with van der Waals surface area (Å²) < 4.78 is 1.85. The second-order valence-corrected chi connectivity index (χ2v) is 5.37. The molecule has 2 aromatic carbocycles. The van der Waals surface area contributed by atoms with Crippen LogP contribution in [0.3, 0.4) is 0 Å². The predicted octanol–water partition coefficient (Wildman–Crippen LogP) is 2.67. The van der Waals surface area contributed by atoms with Gasteiger partial charge in [0.2, 0.25) is 0 Å². The summed E-state index contributed by atoms with van der Waals surface area (Å²) in [7, 11) is 1.56. The van der Waals surface area contributed by atoms with E-state index in [9.17, 15) is 9.59 Å². The summed E-state index contributed by atoms with van der Waals surface area (Å²) in [6.45, 7) is 2.82. The van der Waals surface area contributed by atoms with Crippen molar-refractivity contribution in [2.24, 2.45) is 0 Å². The third-order valence-corrected chi connectivity index (χ3v) is 3.75. The number of fused-ring (bicyclic) bond motifs is 1. The minimum atomic E-state index is -0.268. The summed E-state index contributed by atoms with van der Waals surface area (Å²) in [4.78, 5) is 24.1. The first-order valence-corrected chi connectivity index (χ1v) is 7.71. The first-order chi connectivity index (χ1) is 11.6. The number of anilines is 1. The zero-order chi connectivity index (χ0) is 17.1. The highest BCUT2D eigenvalue weighted by molar-refractivity contribution is 6.06. The van der Waals surface area contributed by atoms with E-state index in [2.05, 4.69) is 15.7 Å². The molecule has 6 heteroatoms. The van der Waals surface area contributed by atoms with Crippen molar-refractivity contribution in [3.63, 3.8) is 0 Å². The van der Waals surface area contributed by atoms with Crippen LogP contribution in [0.4, 0.5) is 5.69 Å². The molecule has 0 unspecified atom stereocenters. The van der Waals surface area contributed by atoms with E-state index < -0.39 is 0 Å². The van der Waals surface area contributed by atoms with E-state index in [1.807, 2.05) is 36.0 Å². The Morgan fingerprint density at radius 1 is 1.08 bits per heavy atom. The van der Waals surface area contributed by atoms with Crippen molar-refractivity contribution in [2.45, 2.75) is 13.5 Å². The lowest BCUT2D eigenvalue weighted by atomic mass is 10.1. The Hall–Kier alpha value is -3.15. The lowest BCUT2D eigenvalue weighted by Gasteiger charge is -2.06. The van der Waals surface area contributed by atoms with E-state index in [0.29, 0.717) is 16.8 Å². The van der Waals surface area contributed by atoms with Gasteiger partial charge in [-0.15, -0.1) is 0 Å². The highest BCUT2D eigenvalue weighted by atomic mass is 16.2. The van der Waals surface area contributed by atoms with E-state index >= 15 is 0 Å². The normalized spacial score (nSPS) is 10.6. The number of aromatic nitrogens is 2. The number of hydrogen-bond donors (Lipinski definition) is 2. The summed E-state index contributed by atoms with van der Waals surface area (Å²) in [5.74, 6) is -0.494. The number of carbonyl (C=O) groups excluding carboxylic acids is 2. The van der Waals surface area contributed by atoms with Crippen LogP contribution >= 0.6 is 0 Å². The number of carbonyl (C=O) groups is 2. The molecule has 0 aliphatic heterocycles. The van der Waals surface area contributed by atoms with Crippen molar-refractivity contribution in [3.8, 4) is 0 Å². The van der Waals surface area contributed by atoms with Gasteiger partial charge in [-0.1, -0.05) is 6.07 Å². The Kier molecular flexibility index (Phi) is 4.29. The fourth-order valence-electron chi connectivity index (χ4n) is 2.46. The first kappa shape index (κ1) is 15.7. The van der Waals surface area contributed by atoms with Crippen molar-refractivity contribution < 1.29 is 9.59 Å². The van der Waals surface area contributed by atoms with Gasteiger partial charge in [-0.25, -0.2) is 0 Å². The molecule has 1 heterocycles. The summed E-state index contributed by atoms with van der Waals surface area (Å²) in [5, 5.41) is 10.8. The van der Waals surface area contributed by atoms with Crippen molar-refractivity contribution in [3.05, 3.63) is 59.8 Å². The average molecular weight is 322 g/mol. The fraction of sp³-hybridized carbons (Fsp3) is 0.167. The Bertz CT molecular complexity index is 914. The lowest BCUT2D eigenvalue weighted by molar-refractivity contribution is 0.0963. The standard InChI is InChI=1S/C18H18N4O2/c1-3-22-11-14-7-8-15(10-16(14)21-22)20-18(24)13-6-4-5-12(9-13)17(23)19-2/h4-11H,3H2,1-2H3,(H,19,23)(H,20,24). The molecule has 6 nitrogen and oxygen atoms in total. The zero-order valence-corrected chi connectivity index (χ0v) is 13.5. The van der Waals surface area contributed by atoms with Gasteiger partial charge in [-0.05, 0) is 43.3 Å². The molecule has 122 valence electrons. The second kappa shape index (κ2) is 6.54. The summed E-state index contributed by atoms with van der Waals surface area (Å²) >= 11 is 0. The monoisotopic (exact) mass is 322 g/mol. The Balaban J connectivity index is 1.82. The molecule has 1 aromatic heterocycles. The molecule has 0 aliphatic carbocycles. The van der Waals surface area contributed by atoms with E-state index in [-0.39, 0.29) is 11.8 Å². The van der Waals surface area contributed by atoms with Crippen LogP contribution in [0.2, 0.25) is 0 Å². The molecule has 2 amide bonds. The van der Waals surface area contributed by atoms with E-state index in [1.165, 1.54) is 0 Å². The van der Waals surface area contributed by atoms with Gasteiger partial charge in [0.15, 0.2) is 0 Å². The Morgan fingerprint density at radius 2 is 1.83 bits per heavy atom.